The summed E-state index contributed by atoms with van der Waals surface area (Å²) < 4.78 is 6.11. The first-order chi connectivity index (χ1) is 25.2. The fourth-order valence-corrected chi connectivity index (χ4v) is 6.70. The Morgan fingerprint density at radius 3 is 2.26 bits per heavy atom. The van der Waals surface area contributed by atoms with Crippen LogP contribution < -0.4 is 26.4 Å². The highest BCUT2D eigenvalue weighted by molar-refractivity contribution is 6.37. The van der Waals surface area contributed by atoms with Crippen molar-refractivity contribution < 1.29 is 44.3 Å². The highest BCUT2D eigenvalue weighted by Crippen LogP contribution is 2.44. The van der Waals surface area contributed by atoms with Gasteiger partial charge < -0.3 is 51.8 Å². The number of H-pyrrole nitrogens is 1. The SMILES string of the molecule is CN[C@@H](Cc1ccc(Oc2cc3cc(c2O)-c2cccc4c(c[nH]c24)C[C@@H](N)C(=O)N[C@H](c2cc(Cl)c(O)c(Cl)c2)C(=O)N[C@H]3C(=O)O)cc1)C(=O)O. The lowest BCUT2D eigenvalue weighted by Crippen LogP contribution is -2.48. The largest absolute Gasteiger partial charge is 0.505 e. The second kappa shape index (κ2) is 15.0. The van der Waals surface area contributed by atoms with Crippen LogP contribution in [-0.4, -0.2) is 68.3 Å². The van der Waals surface area contributed by atoms with E-state index in [1.165, 1.54) is 24.3 Å². The summed E-state index contributed by atoms with van der Waals surface area (Å²) in [5.41, 5.74) is 8.86. The van der Waals surface area contributed by atoms with Crippen LogP contribution in [0.3, 0.4) is 0 Å². The third kappa shape index (κ3) is 7.57. The van der Waals surface area contributed by atoms with E-state index < -0.39 is 53.7 Å². The van der Waals surface area contributed by atoms with Gasteiger partial charge in [0, 0.05) is 22.7 Å². The van der Waals surface area contributed by atoms with Gasteiger partial charge in [0.05, 0.1) is 21.6 Å². The number of hydrogen-bond acceptors (Lipinski definition) is 9. The number of aliphatic carboxylic acids is 2. The molecule has 0 aliphatic carbocycles. The van der Waals surface area contributed by atoms with Gasteiger partial charge in [-0.15, -0.1) is 0 Å². The van der Waals surface area contributed by atoms with Gasteiger partial charge in [0.1, 0.15) is 17.8 Å². The molecule has 0 unspecified atom stereocenters. The molecule has 5 aromatic rings. The number of likely N-dealkylation sites (N-methyl/N-ethyl adjacent to an activating group) is 1. The third-order valence-corrected chi connectivity index (χ3v) is 9.57. The predicted octanol–water partition coefficient (Wildman–Crippen LogP) is 4.54. The molecule has 4 atom stereocenters. The van der Waals surface area contributed by atoms with Crippen LogP contribution in [0.25, 0.3) is 22.0 Å². The fourth-order valence-electron chi connectivity index (χ4n) is 6.20. The summed E-state index contributed by atoms with van der Waals surface area (Å²) in [5.74, 6) is -4.95. The number of carbonyl (C=O) groups is 4. The number of halogens is 2. The number of carboxylic acid groups (broad SMARTS) is 2. The molecule has 14 nitrogen and oxygen atoms in total. The monoisotopic (exact) mass is 761 g/mol. The highest BCUT2D eigenvalue weighted by atomic mass is 35.5. The summed E-state index contributed by atoms with van der Waals surface area (Å²) in [6.07, 6.45) is 1.88. The standard InChI is InChI=1S/C37H33Cl2N5O9/c1-41-27(36(49)50)9-16-5-7-20(8-6-16)53-28-14-17-10-23(32(28)45)22-4-2-3-21-19(15-42-31(21)22)13-26(40)34(47)43-29(35(48)44-30(17)37(51)52)18-11-24(38)33(46)25(39)12-18/h2-8,10-12,14-15,26-27,29-30,41-42,45-46H,9,13,40H2,1H3,(H,43,47)(H,44,48)(H,49,50)(H,51,52)/t26-,27+,29-,30-/m1/s1. The second-order valence-electron chi connectivity index (χ2n) is 12.5. The minimum absolute atomic E-state index is 0.00852. The Morgan fingerprint density at radius 2 is 1.62 bits per heavy atom. The highest BCUT2D eigenvalue weighted by Gasteiger charge is 2.33. The number of phenolic OH excluding ortho intramolecular Hbond substituents is 2. The Morgan fingerprint density at radius 1 is 0.925 bits per heavy atom. The van der Waals surface area contributed by atoms with Gasteiger partial charge in [0.25, 0.3) is 0 Å². The predicted molar refractivity (Wildman–Crippen MR) is 195 cm³/mol. The number of nitrogens with one attached hydrogen (secondary N) is 4. The number of aromatic nitrogens is 1. The molecule has 4 aromatic carbocycles. The Hall–Kier alpha value is -5.80. The van der Waals surface area contributed by atoms with Gasteiger partial charge in [-0.05, 0) is 78.5 Å². The number of carboxylic acids is 2. The van der Waals surface area contributed by atoms with E-state index in [1.54, 1.807) is 55.7 Å². The molecular weight excluding hydrogens is 729 g/mol. The van der Waals surface area contributed by atoms with Gasteiger partial charge in [-0.1, -0.05) is 53.5 Å². The van der Waals surface area contributed by atoms with Crippen LogP contribution in [-0.2, 0) is 32.0 Å². The van der Waals surface area contributed by atoms with Crippen molar-refractivity contribution in [3.8, 4) is 34.1 Å². The van der Waals surface area contributed by atoms with Crippen LogP contribution in [0.5, 0.6) is 23.0 Å². The van der Waals surface area contributed by atoms with Gasteiger partial charge in [-0.2, -0.15) is 0 Å². The van der Waals surface area contributed by atoms with E-state index in [9.17, 15) is 39.6 Å². The first-order valence-electron chi connectivity index (χ1n) is 16.2. The van der Waals surface area contributed by atoms with Crippen LogP contribution in [0.15, 0.2) is 72.9 Å². The van der Waals surface area contributed by atoms with E-state index in [4.69, 9.17) is 33.7 Å². The van der Waals surface area contributed by atoms with Crippen LogP contribution in [0.2, 0.25) is 10.0 Å². The summed E-state index contributed by atoms with van der Waals surface area (Å²) in [6, 6.07) is 11.5. The van der Waals surface area contributed by atoms with E-state index in [1.807, 2.05) is 0 Å². The van der Waals surface area contributed by atoms with Crippen molar-refractivity contribution in [1.29, 1.82) is 0 Å². The minimum Gasteiger partial charge on any atom is -0.505 e. The second-order valence-corrected chi connectivity index (χ2v) is 13.3. The molecule has 0 radical (unpaired) electrons. The minimum atomic E-state index is -1.76. The molecule has 1 aromatic heterocycles. The van der Waals surface area contributed by atoms with Gasteiger partial charge in [0.2, 0.25) is 11.8 Å². The van der Waals surface area contributed by atoms with Crippen LogP contribution in [0.4, 0.5) is 0 Å². The molecule has 0 fully saturated rings. The first-order valence-corrected chi connectivity index (χ1v) is 16.9. The van der Waals surface area contributed by atoms with Crippen LogP contribution >= 0.6 is 23.2 Å². The lowest BCUT2D eigenvalue weighted by molar-refractivity contribution is -0.142. The van der Waals surface area contributed by atoms with Crippen molar-refractivity contribution in [3.05, 3.63) is 105 Å². The number of aromatic amines is 1. The zero-order valence-electron chi connectivity index (χ0n) is 27.8. The average molecular weight is 763 g/mol. The van der Waals surface area contributed by atoms with Crippen LogP contribution in [0.1, 0.15) is 34.3 Å². The first kappa shape index (κ1) is 37.0. The zero-order chi connectivity index (χ0) is 38.1. The Labute approximate surface area is 311 Å². The molecule has 53 heavy (non-hydrogen) atoms. The normalized spacial score (nSPS) is 18.1. The van der Waals surface area contributed by atoms with Gasteiger partial charge in [-0.3, -0.25) is 14.4 Å². The van der Waals surface area contributed by atoms with E-state index in [2.05, 4.69) is 20.9 Å². The maximum atomic E-state index is 14.0. The molecule has 0 saturated carbocycles. The maximum Gasteiger partial charge on any atom is 0.330 e. The number of amides is 2. The van der Waals surface area contributed by atoms with E-state index in [0.717, 1.165) is 0 Å². The smallest absolute Gasteiger partial charge is 0.330 e. The zero-order valence-corrected chi connectivity index (χ0v) is 29.3. The number of para-hydroxylation sites is 1. The number of rotatable bonds is 8. The van der Waals surface area contributed by atoms with E-state index in [0.29, 0.717) is 27.6 Å². The number of nitrogens with two attached hydrogens (primary N) is 1. The van der Waals surface area contributed by atoms with Gasteiger partial charge in [0.15, 0.2) is 23.3 Å². The summed E-state index contributed by atoms with van der Waals surface area (Å²) in [6.45, 7) is 0. The molecular formula is C37H33Cl2N5O9. The maximum absolute atomic E-state index is 14.0. The van der Waals surface area contributed by atoms with Gasteiger partial charge in [-0.25, -0.2) is 4.79 Å². The lowest BCUT2D eigenvalue weighted by Gasteiger charge is -2.24. The number of benzene rings is 4. The number of aromatic hydroxyl groups is 2. The molecule has 10 N–H and O–H groups in total. The number of hydrogen-bond donors (Lipinski definition) is 9. The number of phenols is 2. The van der Waals surface area contributed by atoms with Crippen molar-refractivity contribution in [3.63, 3.8) is 0 Å². The Bertz CT molecular complexity index is 2240. The molecule has 1 aliphatic rings. The summed E-state index contributed by atoms with van der Waals surface area (Å²) in [4.78, 5) is 55.1. The molecule has 2 amide bonds. The topological polar surface area (TPSA) is 236 Å². The van der Waals surface area contributed by atoms with Crippen LogP contribution in [0, 0.1) is 0 Å². The molecule has 0 saturated heterocycles. The summed E-state index contributed by atoms with van der Waals surface area (Å²) in [7, 11) is 1.54. The molecule has 274 valence electrons. The number of ether oxygens (including phenoxy) is 1. The Kier molecular flexibility index (Phi) is 10.5. The fraction of sp³-hybridized carbons (Fsp3) is 0.189. The molecule has 1 aliphatic heterocycles. The van der Waals surface area contributed by atoms with E-state index >= 15 is 0 Å². The van der Waals surface area contributed by atoms with Crippen molar-refractivity contribution in [2.75, 3.05) is 7.05 Å². The molecule has 6 rings (SSSR count). The van der Waals surface area contributed by atoms with Crippen molar-refractivity contribution in [2.45, 2.75) is 37.0 Å². The molecule has 0 spiro atoms. The quantitative estimate of drug-likeness (QED) is 0.106. The summed E-state index contributed by atoms with van der Waals surface area (Å²) >= 11 is 12.3. The van der Waals surface area contributed by atoms with Gasteiger partial charge >= 0.3 is 11.9 Å². The third-order valence-electron chi connectivity index (χ3n) is 8.99. The van der Waals surface area contributed by atoms with E-state index in [-0.39, 0.29) is 56.8 Å². The van der Waals surface area contributed by atoms with Crippen molar-refractivity contribution in [2.24, 2.45) is 5.73 Å². The molecule has 6 bridgehead atoms. The van der Waals surface area contributed by atoms with Crippen molar-refractivity contribution in [1.82, 2.24) is 20.9 Å². The number of carbonyl (C=O) groups excluding carboxylic acids is 2. The number of fused-ring (bicyclic) bond motifs is 3. The summed E-state index contributed by atoms with van der Waals surface area (Å²) in [5, 5.41) is 49.7. The van der Waals surface area contributed by atoms with Crippen molar-refractivity contribution >= 4 is 57.9 Å². The lowest BCUT2D eigenvalue weighted by atomic mass is 9.95. The Balaban J connectivity index is 1.49. The molecule has 16 heteroatoms. The average Bonchev–Trinajstić information content (AvgIpc) is 3.54. The molecule has 2 heterocycles.